The molecule has 0 bridgehead atoms. The van der Waals surface area contributed by atoms with E-state index in [-0.39, 0.29) is 0 Å². The minimum atomic E-state index is 0.857. The number of hydrogen-bond donors (Lipinski definition) is 0. The molecule has 0 spiro atoms. The quantitative estimate of drug-likeness (QED) is 0.592. The minimum Gasteiger partial charge on any atom is -0.381 e. The molecule has 0 aromatic carbocycles. The van der Waals surface area contributed by atoms with Crippen molar-refractivity contribution in [3.8, 4) is 0 Å². The van der Waals surface area contributed by atoms with Gasteiger partial charge in [0.15, 0.2) is 0 Å². The maximum atomic E-state index is 5.44. The topological polar surface area (TPSA) is 18.5 Å². The van der Waals surface area contributed by atoms with E-state index in [1.165, 1.54) is 19.3 Å². The van der Waals surface area contributed by atoms with Crippen molar-refractivity contribution in [1.82, 2.24) is 0 Å². The molecule has 2 nitrogen and oxygen atoms in total. The first-order chi connectivity index (χ1) is 5.93. The fraction of sp³-hybridized carbons (Fsp3) is 1.00. The largest absolute Gasteiger partial charge is 0.381 e. The molecule has 0 aromatic heterocycles. The molecule has 0 saturated carbocycles. The molecule has 12 heavy (non-hydrogen) atoms. The van der Waals surface area contributed by atoms with Crippen molar-refractivity contribution in [2.75, 3.05) is 26.4 Å². The smallest absolute Gasteiger partial charge is 0.0468 e. The summed E-state index contributed by atoms with van der Waals surface area (Å²) in [6.07, 6.45) is 4.82. The van der Waals surface area contributed by atoms with Gasteiger partial charge in [-0.05, 0) is 31.6 Å². The van der Waals surface area contributed by atoms with Crippen LogP contribution in [0.3, 0.4) is 0 Å². The van der Waals surface area contributed by atoms with E-state index in [0.29, 0.717) is 0 Å². The fourth-order valence-corrected chi connectivity index (χ4v) is 1.53. The van der Waals surface area contributed by atoms with Gasteiger partial charge in [0.1, 0.15) is 0 Å². The van der Waals surface area contributed by atoms with Gasteiger partial charge in [0, 0.05) is 26.4 Å². The molecule has 0 aliphatic carbocycles. The van der Waals surface area contributed by atoms with Gasteiger partial charge in [0.05, 0.1) is 0 Å². The third kappa shape index (κ3) is 4.07. The monoisotopic (exact) mass is 172 g/mol. The molecule has 1 rings (SSSR count). The summed E-state index contributed by atoms with van der Waals surface area (Å²) in [5, 5.41) is 0. The first-order valence-electron chi connectivity index (χ1n) is 5.09. The van der Waals surface area contributed by atoms with E-state index in [1.807, 2.05) is 0 Å². The lowest BCUT2D eigenvalue weighted by molar-refractivity contribution is 0.0476. The minimum absolute atomic E-state index is 0.857. The molecule has 0 unspecified atom stereocenters. The van der Waals surface area contributed by atoms with E-state index in [2.05, 4.69) is 6.92 Å². The highest BCUT2D eigenvalue weighted by molar-refractivity contribution is 4.62. The third-order valence-corrected chi connectivity index (χ3v) is 2.36. The van der Waals surface area contributed by atoms with Crippen LogP contribution in [0.4, 0.5) is 0 Å². The molecule has 1 heterocycles. The second-order valence-electron chi connectivity index (χ2n) is 3.46. The summed E-state index contributed by atoms with van der Waals surface area (Å²) < 4.78 is 10.7. The van der Waals surface area contributed by atoms with Crippen molar-refractivity contribution >= 4 is 0 Å². The van der Waals surface area contributed by atoms with Crippen LogP contribution >= 0.6 is 0 Å². The molecule has 1 aliphatic heterocycles. The van der Waals surface area contributed by atoms with E-state index in [4.69, 9.17) is 9.47 Å². The summed E-state index contributed by atoms with van der Waals surface area (Å²) in [6.45, 7) is 5.92. The van der Waals surface area contributed by atoms with Gasteiger partial charge in [-0.1, -0.05) is 6.92 Å². The number of ether oxygens (including phenoxy) is 2. The zero-order valence-corrected chi connectivity index (χ0v) is 8.05. The van der Waals surface area contributed by atoms with Crippen LogP contribution in [0.2, 0.25) is 0 Å². The van der Waals surface area contributed by atoms with E-state index in [0.717, 1.165) is 38.8 Å². The molecule has 0 amide bonds. The molecule has 72 valence electrons. The van der Waals surface area contributed by atoms with Crippen LogP contribution in [-0.4, -0.2) is 26.4 Å². The summed E-state index contributed by atoms with van der Waals surface area (Å²) in [7, 11) is 0. The van der Waals surface area contributed by atoms with Crippen molar-refractivity contribution < 1.29 is 9.47 Å². The standard InChI is InChI=1S/C10H20O2/c1-2-6-11-7-3-10-4-8-12-9-5-10/h10H,2-9H2,1H3. The maximum Gasteiger partial charge on any atom is 0.0468 e. The molecule has 0 radical (unpaired) electrons. The van der Waals surface area contributed by atoms with Crippen molar-refractivity contribution in [1.29, 1.82) is 0 Å². The number of hydrogen-bond acceptors (Lipinski definition) is 2. The summed E-state index contributed by atoms with van der Waals surface area (Å²) in [4.78, 5) is 0. The summed E-state index contributed by atoms with van der Waals surface area (Å²) in [5.41, 5.74) is 0. The van der Waals surface area contributed by atoms with Gasteiger partial charge < -0.3 is 9.47 Å². The Morgan fingerprint density at radius 1 is 1.25 bits per heavy atom. The molecule has 0 N–H and O–H groups in total. The fourth-order valence-electron chi connectivity index (χ4n) is 1.53. The van der Waals surface area contributed by atoms with E-state index >= 15 is 0 Å². The van der Waals surface area contributed by atoms with E-state index in [9.17, 15) is 0 Å². The highest BCUT2D eigenvalue weighted by Gasteiger charge is 2.12. The van der Waals surface area contributed by atoms with Crippen molar-refractivity contribution in [3.63, 3.8) is 0 Å². The first-order valence-corrected chi connectivity index (χ1v) is 5.09. The highest BCUT2D eigenvalue weighted by Crippen LogP contribution is 2.17. The lowest BCUT2D eigenvalue weighted by atomic mass is 9.97. The zero-order chi connectivity index (χ0) is 8.65. The van der Waals surface area contributed by atoms with Crippen LogP contribution in [-0.2, 0) is 9.47 Å². The maximum absolute atomic E-state index is 5.44. The predicted molar refractivity (Wildman–Crippen MR) is 49.3 cm³/mol. The Bertz CT molecular complexity index is 98.0. The highest BCUT2D eigenvalue weighted by atomic mass is 16.5. The third-order valence-electron chi connectivity index (χ3n) is 2.36. The summed E-state index contributed by atoms with van der Waals surface area (Å²) >= 11 is 0. The molecular weight excluding hydrogens is 152 g/mol. The molecular formula is C10H20O2. The van der Waals surface area contributed by atoms with Gasteiger partial charge >= 0.3 is 0 Å². The number of rotatable bonds is 5. The van der Waals surface area contributed by atoms with Crippen LogP contribution < -0.4 is 0 Å². The Morgan fingerprint density at radius 2 is 2.00 bits per heavy atom. The molecule has 0 atom stereocenters. The van der Waals surface area contributed by atoms with Crippen molar-refractivity contribution in [2.24, 2.45) is 5.92 Å². The van der Waals surface area contributed by atoms with Gasteiger partial charge in [0.25, 0.3) is 0 Å². The van der Waals surface area contributed by atoms with Crippen LogP contribution in [0.15, 0.2) is 0 Å². The van der Waals surface area contributed by atoms with Crippen molar-refractivity contribution in [2.45, 2.75) is 32.6 Å². The Labute approximate surface area is 75.2 Å². The predicted octanol–water partition coefficient (Wildman–Crippen LogP) is 2.23. The van der Waals surface area contributed by atoms with E-state index < -0.39 is 0 Å². The lowest BCUT2D eigenvalue weighted by Gasteiger charge is -2.21. The molecule has 1 saturated heterocycles. The van der Waals surface area contributed by atoms with Crippen molar-refractivity contribution in [3.05, 3.63) is 0 Å². The van der Waals surface area contributed by atoms with Gasteiger partial charge in [-0.15, -0.1) is 0 Å². The first kappa shape index (κ1) is 10.0. The Hall–Kier alpha value is -0.0800. The molecule has 1 aliphatic rings. The lowest BCUT2D eigenvalue weighted by Crippen LogP contribution is -2.17. The average molecular weight is 172 g/mol. The summed E-state index contributed by atoms with van der Waals surface area (Å²) in [5.74, 6) is 0.857. The van der Waals surface area contributed by atoms with Gasteiger partial charge in [-0.3, -0.25) is 0 Å². The van der Waals surface area contributed by atoms with Crippen LogP contribution in [0, 0.1) is 5.92 Å². The molecule has 1 fully saturated rings. The average Bonchev–Trinajstić information content (AvgIpc) is 2.14. The Balaban J connectivity index is 1.91. The second-order valence-corrected chi connectivity index (χ2v) is 3.46. The summed E-state index contributed by atoms with van der Waals surface area (Å²) in [6, 6.07) is 0. The normalized spacial score (nSPS) is 19.8. The van der Waals surface area contributed by atoms with Gasteiger partial charge in [0.2, 0.25) is 0 Å². The van der Waals surface area contributed by atoms with Gasteiger partial charge in [-0.2, -0.15) is 0 Å². The van der Waals surface area contributed by atoms with Crippen LogP contribution in [0.1, 0.15) is 32.6 Å². The SMILES string of the molecule is CCCOCCC1CCOCC1. The molecule has 2 heteroatoms. The zero-order valence-electron chi connectivity index (χ0n) is 8.05. The Morgan fingerprint density at radius 3 is 2.67 bits per heavy atom. The molecule has 0 aromatic rings. The van der Waals surface area contributed by atoms with Crippen LogP contribution in [0.5, 0.6) is 0 Å². The second kappa shape index (κ2) is 6.44. The Kier molecular flexibility index (Phi) is 5.37. The van der Waals surface area contributed by atoms with Gasteiger partial charge in [-0.25, -0.2) is 0 Å². The van der Waals surface area contributed by atoms with E-state index in [1.54, 1.807) is 0 Å². The van der Waals surface area contributed by atoms with Crippen LogP contribution in [0.25, 0.3) is 0 Å².